The van der Waals surface area contributed by atoms with Crippen molar-refractivity contribution in [2.45, 2.75) is 18.8 Å². The summed E-state index contributed by atoms with van der Waals surface area (Å²) in [6, 6.07) is 3.20. The van der Waals surface area contributed by atoms with Crippen molar-refractivity contribution in [2.24, 2.45) is 5.92 Å². The van der Waals surface area contributed by atoms with Crippen molar-refractivity contribution in [3.05, 3.63) is 34.9 Å². The molecule has 1 amide bonds. The summed E-state index contributed by atoms with van der Waals surface area (Å²) >= 11 is 7.16. The Labute approximate surface area is 169 Å². The molecule has 1 fully saturated rings. The van der Waals surface area contributed by atoms with E-state index < -0.39 is 45.5 Å². The van der Waals surface area contributed by atoms with Crippen LogP contribution in [0.4, 0.5) is 13.8 Å². The number of carbonyl (C=O) groups is 1. The summed E-state index contributed by atoms with van der Waals surface area (Å²) in [6.07, 6.45) is 1.84. The number of alkyl halides is 2. The van der Waals surface area contributed by atoms with Crippen molar-refractivity contribution in [1.29, 1.82) is 0 Å². The highest BCUT2D eigenvalue weighted by molar-refractivity contribution is 7.91. The molecular formula is C16H16ClF2N3O4S2. The standard InChI is InChI=1S/C16H16ClF2N3O4S2/c1-21(12(23)4-6-28(25,26)9-11-7-16(11,18)19)15-13(17)20-14(27-15)10-3-2-5-22(24)8-10/h2-3,5,8,11H,4,6-7,9H2,1H3. The Morgan fingerprint density at radius 2 is 2.21 bits per heavy atom. The lowest BCUT2D eigenvalue weighted by atomic mass is 10.3. The maximum atomic E-state index is 12.9. The Balaban J connectivity index is 1.65. The molecule has 0 bridgehead atoms. The molecule has 2 aromatic heterocycles. The average Bonchev–Trinajstić information content (AvgIpc) is 3.01. The Hall–Kier alpha value is -1.85. The molecule has 0 aromatic carbocycles. The molecule has 1 atom stereocenters. The van der Waals surface area contributed by atoms with Crippen LogP contribution < -0.4 is 9.63 Å². The third-order valence-electron chi connectivity index (χ3n) is 4.31. The Morgan fingerprint density at radius 3 is 2.82 bits per heavy atom. The molecule has 2 aromatic rings. The summed E-state index contributed by atoms with van der Waals surface area (Å²) < 4.78 is 50.3. The van der Waals surface area contributed by atoms with Crippen LogP contribution in [-0.2, 0) is 14.6 Å². The highest BCUT2D eigenvalue weighted by atomic mass is 35.5. The molecule has 0 radical (unpaired) electrons. The number of nitrogens with zero attached hydrogens (tertiary/aromatic N) is 3. The number of pyridine rings is 1. The van der Waals surface area contributed by atoms with Gasteiger partial charge >= 0.3 is 0 Å². The highest BCUT2D eigenvalue weighted by Gasteiger charge is 2.58. The lowest BCUT2D eigenvalue weighted by Crippen LogP contribution is -2.28. The van der Waals surface area contributed by atoms with Gasteiger partial charge in [0.25, 0.3) is 5.92 Å². The van der Waals surface area contributed by atoms with Crippen LogP contribution in [0.25, 0.3) is 10.6 Å². The molecular weight excluding hydrogens is 436 g/mol. The van der Waals surface area contributed by atoms with Crippen LogP contribution in [0.2, 0.25) is 5.15 Å². The molecule has 1 unspecified atom stereocenters. The molecule has 7 nitrogen and oxygen atoms in total. The van der Waals surface area contributed by atoms with Crippen LogP contribution >= 0.6 is 22.9 Å². The molecule has 1 aliphatic carbocycles. The van der Waals surface area contributed by atoms with E-state index in [1.54, 1.807) is 12.1 Å². The van der Waals surface area contributed by atoms with Crippen molar-refractivity contribution in [2.75, 3.05) is 23.5 Å². The maximum absolute atomic E-state index is 12.9. The molecule has 0 aliphatic heterocycles. The fourth-order valence-electron chi connectivity index (χ4n) is 2.57. The van der Waals surface area contributed by atoms with E-state index in [1.165, 1.54) is 24.3 Å². The predicted octanol–water partition coefficient (Wildman–Crippen LogP) is 2.52. The normalized spacial score (nSPS) is 18.1. The number of aromatic nitrogens is 2. The van der Waals surface area contributed by atoms with Gasteiger partial charge in [-0.1, -0.05) is 22.9 Å². The van der Waals surface area contributed by atoms with Crippen molar-refractivity contribution in [3.63, 3.8) is 0 Å². The number of anilines is 1. The Morgan fingerprint density at radius 1 is 1.54 bits per heavy atom. The van der Waals surface area contributed by atoms with Crippen LogP contribution in [-0.4, -0.2) is 43.8 Å². The smallest absolute Gasteiger partial charge is 0.252 e. The van der Waals surface area contributed by atoms with Gasteiger partial charge in [0.1, 0.15) is 10.0 Å². The summed E-state index contributed by atoms with van der Waals surface area (Å²) in [7, 11) is -2.34. The first kappa shape index (κ1) is 20.9. The number of amides is 1. The van der Waals surface area contributed by atoms with Crippen LogP contribution in [0.1, 0.15) is 12.8 Å². The second-order valence-electron chi connectivity index (χ2n) is 6.55. The SMILES string of the molecule is CN(C(=O)CCS(=O)(=O)CC1CC1(F)F)c1sc(-c2ccc[n+]([O-])c2)nc1Cl. The highest BCUT2D eigenvalue weighted by Crippen LogP contribution is 2.49. The zero-order chi connectivity index (χ0) is 20.7. The summed E-state index contributed by atoms with van der Waals surface area (Å²) in [4.78, 5) is 17.7. The zero-order valence-corrected chi connectivity index (χ0v) is 17.0. The van der Waals surface area contributed by atoms with Gasteiger partial charge in [-0.05, 0) is 6.07 Å². The van der Waals surface area contributed by atoms with Crippen molar-refractivity contribution in [3.8, 4) is 10.6 Å². The molecule has 0 saturated heterocycles. The maximum Gasteiger partial charge on any atom is 0.252 e. The number of sulfone groups is 1. The fourth-order valence-corrected chi connectivity index (χ4v) is 5.50. The first-order valence-corrected chi connectivity index (χ1v) is 11.2. The number of rotatable bonds is 7. The van der Waals surface area contributed by atoms with E-state index in [1.807, 2.05) is 0 Å². The van der Waals surface area contributed by atoms with Crippen LogP contribution in [0.15, 0.2) is 24.5 Å². The minimum absolute atomic E-state index is 0.0395. The number of thiazole rings is 1. The second kappa shape index (κ2) is 7.53. The third kappa shape index (κ3) is 4.76. The molecule has 3 rings (SSSR count). The first-order chi connectivity index (χ1) is 13.0. The van der Waals surface area contributed by atoms with Crippen LogP contribution in [0, 0.1) is 11.1 Å². The van der Waals surface area contributed by atoms with Crippen LogP contribution in [0.5, 0.6) is 0 Å². The minimum Gasteiger partial charge on any atom is -0.619 e. The monoisotopic (exact) mass is 451 g/mol. The number of hydrogen-bond donors (Lipinski definition) is 0. The summed E-state index contributed by atoms with van der Waals surface area (Å²) in [6.45, 7) is 0. The lowest BCUT2D eigenvalue weighted by molar-refractivity contribution is -0.604. The van der Waals surface area contributed by atoms with Gasteiger partial charge in [-0.25, -0.2) is 22.2 Å². The van der Waals surface area contributed by atoms with E-state index in [0.29, 0.717) is 20.3 Å². The quantitative estimate of drug-likeness (QED) is 0.476. The first-order valence-electron chi connectivity index (χ1n) is 8.19. The lowest BCUT2D eigenvalue weighted by Gasteiger charge is -2.15. The topological polar surface area (TPSA) is 94.3 Å². The van der Waals surface area contributed by atoms with E-state index in [0.717, 1.165) is 11.3 Å². The molecule has 152 valence electrons. The molecule has 0 spiro atoms. The van der Waals surface area contributed by atoms with Gasteiger partial charge in [0.15, 0.2) is 27.4 Å². The Kier molecular flexibility index (Phi) is 5.61. The fraction of sp³-hybridized carbons (Fsp3) is 0.438. The van der Waals surface area contributed by atoms with E-state index >= 15 is 0 Å². The van der Waals surface area contributed by atoms with E-state index in [9.17, 15) is 27.2 Å². The molecule has 1 saturated carbocycles. The molecule has 2 heterocycles. The number of hydrogen-bond acceptors (Lipinski definition) is 6. The number of halogens is 3. The van der Waals surface area contributed by atoms with E-state index in [4.69, 9.17) is 11.6 Å². The van der Waals surface area contributed by atoms with Gasteiger partial charge in [0.2, 0.25) is 5.91 Å². The third-order valence-corrected chi connectivity index (χ3v) is 7.60. The van der Waals surface area contributed by atoms with Gasteiger partial charge < -0.3 is 10.1 Å². The van der Waals surface area contributed by atoms with Gasteiger partial charge in [0, 0.05) is 31.9 Å². The molecule has 28 heavy (non-hydrogen) atoms. The van der Waals surface area contributed by atoms with Gasteiger partial charge in [-0.3, -0.25) is 4.79 Å². The van der Waals surface area contributed by atoms with Crippen molar-refractivity contribution < 1.29 is 26.7 Å². The van der Waals surface area contributed by atoms with Gasteiger partial charge in [0.05, 0.1) is 17.1 Å². The minimum atomic E-state index is -3.76. The molecule has 1 aliphatic rings. The molecule has 12 heteroatoms. The zero-order valence-electron chi connectivity index (χ0n) is 14.6. The van der Waals surface area contributed by atoms with Gasteiger partial charge in [-0.15, -0.1) is 0 Å². The van der Waals surface area contributed by atoms with Crippen LogP contribution in [0.3, 0.4) is 0 Å². The molecule has 0 N–H and O–H groups in total. The average molecular weight is 452 g/mol. The summed E-state index contributed by atoms with van der Waals surface area (Å²) in [5.41, 5.74) is 0.518. The predicted molar refractivity (Wildman–Crippen MR) is 101 cm³/mol. The largest absolute Gasteiger partial charge is 0.619 e. The summed E-state index contributed by atoms with van der Waals surface area (Å²) in [5.74, 6) is -5.74. The number of carbonyl (C=O) groups excluding carboxylic acids is 1. The van der Waals surface area contributed by atoms with E-state index in [-0.39, 0.29) is 11.6 Å². The van der Waals surface area contributed by atoms with Gasteiger partial charge in [-0.2, -0.15) is 4.73 Å². The van der Waals surface area contributed by atoms with Crippen molar-refractivity contribution >= 4 is 43.7 Å². The van der Waals surface area contributed by atoms with Crippen molar-refractivity contribution in [1.82, 2.24) is 4.98 Å². The summed E-state index contributed by atoms with van der Waals surface area (Å²) in [5, 5.41) is 12.2. The van der Waals surface area contributed by atoms with E-state index in [2.05, 4.69) is 4.98 Å². The Bertz CT molecular complexity index is 1010. The second-order valence-corrected chi connectivity index (χ2v) is 10.1.